The second-order valence-corrected chi connectivity index (χ2v) is 4.48. The molecule has 0 aliphatic rings. The highest BCUT2D eigenvalue weighted by Gasteiger charge is 2.17. The Bertz CT molecular complexity index is 462. The monoisotopic (exact) mass is 295 g/mol. The van der Waals surface area contributed by atoms with Gasteiger partial charge >= 0.3 is 12.0 Å². The van der Waals surface area contributed by atoms with Crippen molar-refractivity contribution in [3.05, 3.63) is 18.3 Å². The molecule has 7 heteroatoms. The van der Waals surface area contributed by atoms with Gasteiger partial charge in [-0.15, -0.1) is 0 Å². The quantitative estimate of drug-likeness (QED) is 0.682. The summed E-state index contributed by atoms with van der Waals surface area (Å²) in [6.45, 7) is 4.38. The number of carboxylic acid groups (broad SMARTS) is 1. The molecule has 1 heterocycles. The summed E-state index contributed by atoms with van der Waals surface area (Å²) in [6.07, 6.45) is 2.76. The third kappa shape index (κ3) is 6.11. The number of aliphatic carboxylic acids is 1. The first-order valence-electron chi connectivity index (χ1n) is 6.93. The number of carboxylic acids is 1. The van der Waals surface area contributed by atoms with Crippen molar-refractivity contribution in [1.82, 2.24) is 10.3 Å². The van der Waals surface area contributed by atoms with Crippen molar-refractivity contribution >= 4 is 17.7 Å². The predicted molar refractivity (Wildman–Crippen MR) is 78.5 cm³/mol. The minimum atomic E-state index is -0.903. The van der Waals surface area contributed by atoms with Gasteiger partial charge in [0.25, 0.3) is 0 Å². The number of amides is 2. The molecule has 2 amide bonds. The number of urea groups is 1. The maximum absolute atomic E-state index is 11.7. The largest absolute Gasteiger partial charge is 0.481 e. The summed E-state index contributed by atoms with van der Waals surface area (Å²) in [5.74, 6) is -0.989. The van der Waals surface area contributed by atoms with Crippen molar-refractivity contribution in [1.29, 1.82) is 0 Å². The molecule has 21 heavy (non-hydrogen) atoms. The van der Waals surface area contributed by atoms with Crippen LogP contribution in [0.15, 0.2) is 18.3 Å². The molecule has 0 saturated carbocycles. The molecule has 0 fully saturated rings. The lowest BCUT2D eigenvalue weighted by Crippen LogP contribution is -2.35. The van der Waals surface area contributed by atoms with E-state index in [0.717, 1.165) is 6.42 Å². The van der Waals surface area contributed by atoms with Crippen molar-refractivity contribution in [2.45, 2.75) is 26.7 Å². The van der Waals surface area contributed by atoms with Gasteiger partial charge in [-0.05, 0) is 19.4 Å². The third-order valence-corrected chi connectivity index (χ3v) is 2.78. The molecule has 1 rings (SSSR count). The molecule has 0 radical (unpaired) electrons. The van der Waals surface area contributed by atoms with E-state index in [1.807, 2.05) is 13.8 Å². The van der Waals surface area contributed by atoms with Crippen molar-refractivity contribution < 1.29 is 19.4 Å². The Kier molecular flexibility index (Phi) is 7.00. The van der Waals surface area contributed by atoms with Crippen LogP contribution in [0.2, 0.25) is 0 Å². The Morgan fingerprint density at radius 3 is 2.67 bits per heavy atom. The van der Waals surface area contributed by atoms with Crippen LogP contribution >= 0.6 is 0 Å². The molecular formula is C14H21N3O4. The van der Waals surface area contributed by atoms with E-state index in [9.17, 15) is 9.59 Å². The number of rotatable bonds is 8. The molecule has 0 bridgehead atoms. The van der Waals surface area contributed by atoms with Crippen LogP contribution in [-0.2, 0) is 4.79 Å². The van der Waals surface area contributed by atoms with Crippen molar-refractivity contribution in [2.75, 3.05) is 18.5 Å². The summed E-state index contributed by atoms with van der Waals surface area (Å²) in [6, 6.07) is 2.86. The summed E-state index contributed by atoms with van der Waals surface area (Å²) in [5.41, 5.74) is 0.512. The highest BCUT2D eigenvalue weighted by molar-refractivity contribution is 5.89. The molecule has 0 spiro atoms. The number of nitrogens with one attached hydrogen (secondary N) is 2. The number of nitrogens with zero attached hydrogens (tertiary/aromatic N) is 1. The van der Waals surface area contributed by atoms with Gasteiger partial charge in [-0.2, -0.15) is 0 Å². The van der Waals surface area contributed by atoms with Gasteiger partial charge in [-0.1, -0.05) is 13.3 Å². The van der Waals surface area contributed by atoms with E-state index < -0.39 is 17.9 Å². The maximum atomic E-state index is 11.7. The van der Waals surface area contributed by atoms with Gasteiger partial charge in [0.1, 0.15) is 0 Å². The van der Waals surface area contributed by atoms with E-state index in [2.05, 4.69) is 15.6 Å². The Labute approximate surface area is 123 Å². The van der Waals surface area contributed by atoms with E-state index in [1.54, 1.807) is 12.1 Å². The zero-order valence-corrected chi connectivity index (χ0v) is 12.3. The number of hydrogen-bond acceptors (Lipinski definition) is 4. The average Bonchev–Trinajstić information content (AvgIpc) is 2.45. The number of pyridine rings is 1. The molecule has 1 aromatic heterocycles. The highest BCUT2D eigenvalue weighted by atomic mass is 16.5. The first-order valence-corrected chi connectivity index (χ1v) is 6.93. The lowest BCUT2D eigenvalue weighted by Gasteiger charge is -2.13. The number of ether oxygens (including phenoxy) is 1. The molecule has 1 atom stereocenters. The van der Waals surface area contributed by atoms with Gasteiger partial charge in [0, 0.05) is 12.6 Å². The van der Waals surface area contributed by atoms with E-state index >= 15 is 0 Å². The summed E-state index contributed by atoms with van der Waals surface area (Å²) >= 11 is 0. The van der Waals surface area contributed by atoms with Crippen molar-refractivity contribution in [2.24, 2.45) is 5.92 Å². The van der Waals surface area contributed by atoms with Crippen LogP contribution in [0, 0.1) is 5.92 Å². The molecule has 7 nitrogen and oxygen atoms in total. The normalized spacial score (nSPS) is 11.5. The molecule has 116 valence electrons. The van der Waals surface area contributed by atoms with Crippen molar-refractivity contribution in [3.63, 3.8) is 0 Å². The molecule has 0 aliphatic heterocycles. The Morgan fingerprint density at radius 2 is 2.14 bits per heavy atom. The SMILES string of the molecule is CCCC(CNC(=O)Nc1ccc(OCC)nc1)C(=O)O. The number of anilines is 1. The first-order chi connectivity index (χ1) is 10.1. The van der Waals surface area contributed by atoms with Gasteiger partial charge in [-0.25, -0.2) is 9.78 Å². The Balaban J connectivity index is 2.44. The zero-order chi connectivity index (χ0) is 15.7. The molecular weight excluding hydrogens is 274 g/mol. The van der Waals surface area contributed by atoms with Gasteiger partial charge in [0.15, 0.2) is 0 Å². The number of carbonyl (C=O) groups excluding carboxylic acids is 1. The van der Waals surface area contributed by atoms with Crippen molar-refractivity contribution in [3.8, 4) is 5.88 Å². The van der Waals surface area contributed by atoms with Gasteiger partial charge in [0.05, 0.1) is 24.4 Å². The standard InChI is InChI=1S/C14H21N3O4/c1-3-5-10(13(18)19)8-16-14(20)17-11-6-7-12(15-9-11)21-4-2/h6-7,9-10H,3-5,8H2,1-2H3,(H,18,19)(H2,16,17,20). The fourth-order valence-electron chi connectivity index (χ4n) is 1.74. The lowest BCUT2D eigenvalue weighted by molar-refractivity contribution is -0.141. The van der Waals surface area contributed by atoms with Crippen LogP contribution in [0.3, 0.4) is 0 Å². The molecule has 3 N–H and O–H groups in total. The van der Waals surface area contributed by atoms with E-state index in [-0.39, 0.29) is 6.54 Å². The lowest BCUT2D eigenvalue weighted by atomic mass is 10.0. The van der Waals surface area contributed by atoms with Gasteiger partial charge in [-0.3, -0.25) is 4.79 Å². The predicted octanol–water partition coefficient (Wildman–Crippen LogP) is 2.10. The smallest absolute Gasteiger partial charge is 0.319 e. The molecule has 0 saturated heterocycles. The highest BCUT2D eigenvalue weighted by Crippen LogP contribution is 2.11. The van der Waals surface area contributed by atoms with E-state index in [4.69, 9.17) is 9.84 Å². The summed E-state index contributed by atoms with van der Waals surface area (Å²) in [7, 11) is 0. The number of hydrogen-bond donors (Lipinski definition) is 3. The van der Waals surface area contributed by atoms with Gasteiger partial charge < -0.3 is 20.5 Å². The Morgan fingerprint density at radius 1 is 1.38 bits per heavy atom. The van der Waals surface area contributed by atoms with Crippen LogP contribution in [0.5, 0.6) is 5.88 Å². The molecule has 1 unspecified atom stereocenters. The second-order valence-electron chi connectivity index (χ2n) is 4.48. The third-order valence-electron chi connectivity index (χ3n) is 2.78. The minimum absolute atomic E-state index is 0.0967. The Hall–Kier alpha value is -2.31. The fourth-order valence-corrected chi connectivity index (χ4v) is 1.74. The topological polar surface area (TPSA) is 101 Å². The maximum Gasteiger partial charge on any atom is 0.319 e. The van der Waals surface area contributed by atoms with Crippen LogP contribution < -0.4 is 15.4 Å². The summed E-state index contributed by atoms with van der Waals surface area (Å²) in [5, 5.41) is 14.1. The second kappa shape index (κ2) is 8.78. The zero-order valence-electron chi connectivity index (χ0n) is 12.3. The molecule has 0 aliphatic carbocycles. The minimum Gasteiger partial charge on any atom is -0.481 e. The number of aromatic nitrogens is 1. The van der Waals surface area contributed by atoms with Crippen LogP contribution in [0.25, 0.3) is 0 Å². The summed E-state index contributed by atoms with van der Waals surface area (Å²) < 4.78 is 5.19. The van der Waals surface area contributed by atoms with Crippen LogP contribution in [0.1, 0.15) is 26.7 Å². The summed E-state index contributed by atoms with van der Waals surface area (Å²) in [4.78, 5) is 26.7. The first kappa shape index (κ1) is 16.7. The molecule has 1 aromatic rings. The number of carbonyl (C=O) groups is 2. The van der Waals surface area contributed by atoms with E-state index in [0.29, 0.717) is 24.6 Å². The molecule has 0 aromatic carbocycles. The van der Waals surface area contributed by atoms with Crippen LogP contribution in [-0.4, -0.2) is 35.2 Å². The fraction of sp³-hybridized carbons (Fsp3) is 0.500. The average molecular weight is 295 g/mol. The van der Waals surface area contributed by atoms with Crippen LogP contribution in [0.4, 0.5) is 10.5 Å². The van der Waals surface area contributed by atoms with Gasteiger partial charge in [0.2, 0.25) is 5.88 Å². The van der Waals surface area contributed by atoms with E-state index in [1.165, 1.54) is 6.20 Å².